The van der Waals surface area contributed by atoms with E-state index in [9.17, 15) is 0 Å². The van der Waals surface area contributed by atoms with E-state index in [1.165, 1.54) is 38.5 Å². The van der Waals surface area contributed by atoms with Crippen LogP contribution >= 0.6 is 0 Å². The summed E-state index contributed by atoms with van der Waals surface area (Å²) in [6, 6.07) is 0. The minimum absolute atomic E-state index is 0.583. The van der Waals surface area contributed by atoms with Crippen molar-refractivity contribution in [3.05, 3.63) is 0 Å². The molecule has 0 aromatic rings. The molecule has 0 bridgehead atoms. The summed E-state index contributed by atoms with van der Waals surface area (Å²) in [6.45, 7) is 9.08. The van der Waals surface area contributed by atoms with Crippen LogP contribution in [0.3, 0.4) is 0 Å². The number of hydrogen-bond donors (Lipinski definition) is 0. The third kappa shape index (κ3) is 6.40. The van der Waals surface area contributed by atoms with Crippen molar-refractivity contribution in [3.63, 3.8) is 0 Å². The van der Waals surface area contributed by atoms with Crippen molar-refractivity contribution >= 4 is 0 Å². The summed E-state index contributed by atoms with van der Waals surface area (Å²) in [6.07, 6.45) is 8.59. The molecule has 0 spiro atoms. The summed E-state index contributed by atoms with van der Waals surface area (Å²) in [7, 11) is 0. The molecule has 68 valence electrons. The molecule has 1 aliphatic carbocycles. The fraction of sp³-hybridized carbons (Fsp3) is 1.00. The molecule has 0 atom stereocenters. The van der Waals surface area contributed by atoms with Gasteiger partial charge in [-0.1, -0.05) is 66.2 Å². The summed E-state index contributed by atoms with van der Waals surface area (Å²) in [5.74, 6) is 0. The first-order chi connectivity index (χ1) is 5.12. The Morgan fingerprint density at radius 2 is 1.09 bits per heavy atom. The number of rotatable bonds is 2. The van der Waals surface area contributed by atoms with Gasteiger partial charge in [0, 0.05) is 0 Å². The van der Waals surface area contributed by atoms with Gasteiger partial charge >= 0.3 is 0 Å². The quantitative estimate of drug-likeness (QED) is 0.556. The monoisotopic (exact) mass is 156 g/mol. The zero-order valence-electron chi connectivity index (χ0n) is 8.74. The summed E-state index contributed by atoms with van der Waals surface area (Å²) in [5.41, 5.74) is 0.583. The highest BCUT2D eigenvalue weighted by Crippen LogP contribution is 2.22. The minimum atomic E-state index is 0.583. The lowest BCUT2D eigenvalue weighted by atomic mass is 9.88. The van der Waals surface area contributed by atoms with Crippen LogP contribution in [-0.4, -0.2) is 0 Å². The summed E-state index contributed by atoms with van der Waals surface area (Å²) >= 11 is 0. The fourth-order valence-corrected chi connectivity index (χ4v) is 0.500. The Labute approximate surface area is 72.4 Å². The van der Waals surface area contributed by atoms with E-state index >= 15 is 0 Å². The second-order valence-electron chi connectivity index (χ2n) is 4.29. The SMILES string of the molecule is C1CCC1.CCC(C)(C)CC. The van der Waals surface area contributed by atoms with Crippen molar-refractivity contribution in [2.75, 3.05) is 0 Å². The molecule has 0 aliphatic heterocycles. The smallest absolute Gasteiger partial charge is 0.0359 e. The Hall–Kier alpha value is 0. The van der Waals surface area contributed by atoms with Gasteiger partial charge in [-0.2, -0.15) is 0 Å². The maximum atomic E-state index is 2.30. The molecule has 0 N–H and O–H groups in total. The maximum Gasteiger partial charge on any atom is -0.0359 e. The minimum Gasteiger partial charge on any atom is -0.0649 e. The van der Waals surface area contributed by atoms with Crippen LogP contribution in [0.4, 0.5) is 0 Å². The van der Waals surface area contributed by atoms with Crippen molar-refractivity contribution in [1.82, 2.24) is 0 Å². The van der Waals surface area contributed by atoms with E-state index < -0.39 is 0 Å². The number of hydrogen-bond acceptors (Lipinski definition) is 0. The van der Waals surface area contributed by atoms with Gasteiger partial charge in [-0.25, -0.2) is 0 Å². The topological polar surface area (TPSA) is 0 Å². The third-order valence-electron chi connectivity index (χ3n) is 2.91. The molecule has 1 aliphatic rings. The van der Waals surface area contributed by atoms with E-state index in [0.717, 1.165) is 0 Å². The van der Waals surface area contributed by atoms with Crippen LogP contribution in [0.2, 0.25) is 0 Å². The molecule has 1 fully saturated rings. The standard InChI is InChI=1S/C7H16.C4H8/c1-5-7(3,4)6-2;1-2-4-3-1/h5-6H2,1-4H3;1-4H2. The van der Waals surface area contributed by atoms with Crippen molar-refractivity contribution in [3.8, 4) is 0 Å². The van der Waals surface area contributed by atoms with Crippen LogP contribution in [0.5, 0.6) is 0 Å². The average Bonchev–Trinajstić information content (AvgIpc) is 1.85. The maximum absolute atomic E-state index is 2.30. The molecule has 0 unspecified atom stereocenters. The second-order valence-corrected chi connectivity index (χ2v) is 4.29. The molecule has 0 radical (unpaired) electrons. The van der Waals surface area contributed by atoms with Gasteiger partial charge in [0.25, 0.3) is 0 Å². The molecule has 0 nitrogen and oxygen atoms in total. The van der Waals surface area contributed by atoms with Crippen LogP contribution in [0, 0.1) is 5.41 Å². The van der Waals surface area contributed by atoms with E-state index in [0.29, 0.717) is 5.41 Å². The second kappa shape index (κ2) is 5.62. The van der Waals surface area contributed by atoms with E-state index in [1.807, 2.05) is 0 Å². The predicted octanol–water partition coefficient (Wildman–Crippen LogP) is 4.39. The van der Waals surface area contributed by atoms with Crippen LogP contribution < -0.4 is 0 Å². The molecule has 0 amide bonds. The molecule has 0 heteroatoms. The summed E-state index contributed by atoms with van der Waals surface area (Å²) < 4.78 is 0. The Morgan fingerprint density at radius 3 is 1.09 bits per heavy atom. The lowest BCUT2D eigenvalue weighted by molar-refractivity contribution is 0.338. The Kier molecular flexibility index (Phi) is 5.62. The van der Waals surface area contributed by atoms with E-state index in [2.05, 4.69) is 27.7 Å². The first kappa shape index (κ1) is 11.0. The fourth-order valence-electron chi connectivity index (χ4n) is 0.500. The molecular formula is C11H24. The van der Waals surface area contributed by atoms with E-state index in [1.54, 1.807) is 0 Å². The highest BCUT2D eigenvalue weighted by Gasteiger charge is 2.09. The third-order valence-corrected chi connectivity index (χ3v) is 2.91. The lowest BCUT2D eigenvalue weighted by Gasteiger charge is -2.18. The molecule has 1 saturated carbocycles. The molecule has 0 heterocycles. The molecule has 0 aromatic carbocycles. The van der Waals surface area contributed by atoms with Gasteiger partial charge in [-0.05, 0) is 5.41 Å². The van der Waals surface area contributed by atoms with E-state index in [4.69, 9.17) is 0 Å². The Bertz CT molecular complexity index is 68.0. The van der Waals surface area contributed by atoms with Gasteiger partial charge in [-0.3, -0.25) is 0 Å². The first-order valence-corrected chi connectivity index (χ1v) is 5.12. The summed E-state index contributed by atoms with van der Waals surface area (Å²) in [5, 5.41) is 0. The van der Waals surface area contributed by atoms with Gasteiger partial charge < -0.3 is 0 Å². The van der Waals surface area contributed by atoms with Crippen molar-refractivity contribution in [2.45, 2.75) is 66.2 Å². The highest BCUT2D eigenvalue weighted by atomic mass is 14.1. The van der Waals surface area contributed by atoms with Crippen LogP contribution in [0.15, 0.2) is 0 Å². The zero-order chi connectivity index (χ0) is 8.74. The highest BCUT2D eigenvalue weighted by molar-refractivity contribution is 4.61. The van der Waals surface area contributed by atoms with Crippen molar-refractivity contribution in [2.24, 2.45) is 5.41 Å². The van der Waals surface area contributed by atoms with Gasteiger partial charge in [0.05, 0.1) is 0 Å². The van der Waals surface area contributed by atoms with Gasteiger partial charge in [0.15, 0.2) is 0 Å². The van der Waals surface area contributed by atoms with E-state index in [-0.39, 0.29) is 0 Å². The molecule has 1 rings (SSSR count). The Morgan fingerprint density at radius 1 is 0.818 bits per heavy atom. The molecule has 0 aromatic heterocycles. The molecular weight excluding hydrogens is 132 g/mol. The first-order valence-electron chi connectivity index (χ1n) is 5.12. The van der Waals surface area contributed by atoms with Gasteiger partial charge in [-0.15, -0.1) is 0 Å². The summed E-state index contributed by atoms with van der Waals surface area (Å²) in [4.78, 5) is 0. The van der Waals surface area contributed by atoms with Gasteiger partial charge in [0.1, 0.15) is 0 Å². The predicted molar refractivity (Wildman–Crippen MR) is 52.8 cm³/mol. The van der Waals surface area contributed by atoms with Gasteiger partial charge in [0.2, 0.25) is 0 Å². The van der Waals surface area contributed by atoms with Crippen LogP contribution in [0.1, 0.15) is 66.2 Å². The lowest BCUT2D eigenvalue weighted by Crippen LogP contribution is -2.05. The van der Waals surface area contributed by atoms with Crippen molar-refractivity contribution < 1.29 is 0 Å². The van der Waals surface area contributed by atoms with Crippen molar-refractivity contribution in [1.29, 1.82) is 0 Å². The largest absolute Gasteiger partial charge is 0.0649 e. The molecule has 0 saturated heterocycles. The zero-order valence-corrected chi connectivity index (χ0v) is 8.74. The average molecular weight is 156 g/mol. The normalized spacial score (nSPS) is 16.4. The van der Waals surface area contributed by atoms with Crippen LogP contribution in [-0.2, 0) is 0 Å². The Balaban J connectivity index is 0.000000207. The van der Waals surface area contributed by atoms with Crippen LogP contribution in [0.25, 0.3) is 0 Å². The molecule has 11 heavy (non-hydrogen) atoms.